The van der Waals surface area contributed by atoms with Crippen molar-refractivity contribution in [1.82, 2.24) is 42.5 Å². The fourth-order valence-electron chi connectivity index (χ4n) is 7.18. The molecule has 2 rings (SSSR count). The van der Waals surface area contributed by atoms with E-state index >= 15 is 0 Å². The first-order chi connectivity index (χ1) is 35.1. The number of aliphatic imine (C=N–C) groups is 1. The van der Waals surface area contributed by atoms with Crippen molar-refractivity contribution in [3.8, 4) is 11.5 Å². The van der Waals surface area contributed by atoms with Gasteiger partial charge in [0.15, 0.2) is 5.96 Å². The number of nitrogens with two attached hydrogens (primary N) is 3. The van der Waals surface area contributed by atoms with Gasteiger partial charge in [-0.3, -0.25) is 52.9 Å². The number of hydrogen-bond acceptors (Lipinski definition) is 14. The third-order valence-corrected chi connectivity index (χ3v) is 11.3. The van der Waals surface area contributed by atoms with Crippen LogP contribution >= 0.6 is 0 Å². The third kappa shape index (κ3) is 23.2. The number of carboxylic acids is 2. The zero-order valence-electron chi connectivity index (χ0n) is 43.2. The summed E-state index contributed by atoms with van der Waals surface area (Å²) in [5.41, 5.74) is 17.6. The molecule has 26 nitrogen and oxygen atoms in total. The maximum absolute atomic E-state index is 14.4. The normalized spacial score (nSPS) is 14.3. The van der Waals surface area contributed by atoms with E-state index in [4.69, 9.17) is 17.2 Å². The van der Waals surface area contributed by atoms with Crippen LogP contribution in [0.3, 0.4) is 0 Å². The van der Waals surface area contributed by atoms with Crippen LogP contribution in [0, 0.1) is 17.8 Å². The topological polar surface area (TPSA) is 438 Å². The maximum atomic E-state index is 14.4. The number of hydrogen-bond donors (Lipinski definition) is 15. The first kappa shape index (κ1) is 63.1. The Bertz CT molecular complexity index is 2320. The van der Waals surface area contributed by atoms with Gasteiger partial charge in [0.05, 0.1) is 19.0 Å². The number of carbonyl (C=O) groups excluding carboxylic acids is 8. The minimum absolute atomic E-state index is 0.0593. The molecule has 0 radical (unpaired) electrons. The molecule has 0 unspecified atom stereocenters. The second kappa shape index (κ2) is 30.9. The molecule has 0 aliphatic rings. The molecule has 0 saturated carbocycles. The molecule has 0 heterocycles. The monoisotopic (exact) mass is 1050 g/mol. The zero-order valence-corrected chi connectivity index (χ0v) is 43.2. The predicted octanol–water partition coefficient (Wildman–Crippen LogP) is -2.29. The summed E-state index contributed by atoms with van der Waals surface area (Å²) in [6.07, 6.45) is -0.881. The molecule has 75 heavy (non-hydrogen) atoms. The van der Waals surface area contributed by atoms with Crippen molar-refractivity contribution in [2.75, 3.05) is 13.1 Å². The van der Waals surface area contributed by atoms with Crippen molar-refractivity contribution >= 4 is 65.2 Å². The van der Waals surface area contributed by atoms with Gasteiger partial charge in [-0.25, -0.2) is 0 Å². The number of phenols is 2. The van der Waals surface area contributed by atoms with E-state index in [-0.39, 0.29) is 55.6 Å². The number of nitrogens with zero attached hydrogens (tertiary/aromatic N) is 1. The highest BCUT2D eigenvalue weighted by atomic mass is 16.4. The summed E-state index contributed by atoms with van der Waals surface area (Å²) in [6, 6.07) is 0.148. The van der Waals surface area contributed by atoms with Crippen LogP contribution in [0.15, 0.2) is 53.5 Å². The lowest BCUT2D eigenvalue weighted by atomic mass is 9.99. The van der Waals surface area contributed by atoms with Crippen molar-refractivity contribution < 1.29 is 68.4 Å². The van der Waals surface area contributed by atoms with Gasteiger partial charge in [-0.05, 0) is 79.3 Å². The minimum atomic E-state index is -1.78. The minimum Gasteiger partial charge on any atom is -0.508 e. The Balaban J connectivity index is 2.43. The van der Waals surface area contributed by atoms with Gasteiger partial charge in [-0.1, -0.05) is 65.8 Å². The van der Waals surface area contributed by atoms with Crippen LogP contribution in [0.25, 0.3) is 0 Å². The molecule has 0 saturated heterocycles. The van der Waals surface area contributed by atoms with Crippen LogP contribution in [-0.2, 0) is 60.8 Å². The molecule has 8 atom stereocenters. The van der Waals surface area contributed by atoms with Crippen LogP contribution in [0.4, 0.5) is 0 Å². The van der Waals surface area contributed by atoms with E-state index < -0.39 is 132 Å². The lowest BCUT2D eigenvalue weighted by molar-refractivity contribution is -0.142. The molecule has 18 N–H and O–H groups in total. The fourth-order valence-corrected chi connectivity index (χ4v) is 7.18. The number of rotatable bonds is 31. The highest BCUT2D eigenvalue weighted by Crippen LogP contribution is 2.15. The van der Waals surface area contributed by atoms with Crippen LogP contribution in [0.1, 0.15) is 85.3 Å². The number of benzene rings is 2. The number of carbonyl (C=O) groups is 10. The van der Waals surface area contributed by atoms with Gasteiger partial charge in [0.2, 0.25) is 47.3 Å². The molecular weight excluding hydrogens is 981 g/mol. The van der Waals surface area contributed by atoms with Gasteiger partial charge < -0.3 is 80.2 Å². The summed E-state index contributed by atoms with van der Waals surface area (Å²) in [6.45, 7) is 10.5. The van der Waals surface area contributed by atoms with Crippen LogP contribution in [0.2, 0.25) is 0 Å². The summed E-state index contributed by atoms with van der Waals surface area (Å²) in [7, 11) is 0. The highest BCUT2D eigenvalue weighted by molar-refractivity contribution is 5.98. The summed E-state index contributed by atoms with van der Waals surface area (Å²) >= 11 is 0. The van der Waals surface area contributed by atoms with Crippen LogP contribution in [0.5, 0.6) is 11.5 Å². The first-order valence-corrected chi connectivity index (χ1v) is 24.3. The Hall–Kier alpha value is -8.03. The lowest BCUT2D eigenvalue weighted by Crippen LogP contribution is -2.61. The Morgan fingerprint density at radius 1 is 0.547 bits per heavy atom. The maximum Gasteiger partial charge on any atom is 0.325 e. The van der Waals surface area contributed by atoms with Crippen molar-refractivity contribution in [3.63, 3.8) is 0 Å². The second-order valence-electron chi connectivity index (χ2n) is 19.1. The first-order valence-electron chi connectivity index (χ1n) is 24.3. The largest absolute Gasteiger partial charge is 0.508 e. The molecule has 0 aromatic heterocycles. The molecule has 0 aliphatic heterocycles. The van der Waals surface area contributed by atoms with Gasteiger partial charge in [0.1, 0.15) is 53.8 Å². The average molecular weight is 1060 g/mol. The molecule has 2 aromatic carbocycles. The Morgan fingerprint density at radius 3 is 1.47 bits per heavy atom. The number of phenolic OH excluding ortho intramolecular Hbond substituents is 2. The number of nitrogens with one attached hydrogen (secondary N) is 8. The number of amides is 8. The Kier molecular flexibility index (Phi) is 26.0. The van der Waals surface area contributed by atoms with Gasteiger partial charge in [-0.15, -0.1) is 0 Å². The lowest BCUT2D eigenvalue weighted by Gasteiger charge is -2.29. The molecule has 414 valence electrons. The smallest absolute Gasteiger partial charge is 0.325 e. The van der Waals surface area contributed by atoms with Crippen molar-refractivity contribution in [1.29, 1.82) is 0 Å². The number of guanidine groups is 1. The molecule has 0 fully saturated rings. The van der Waals surface area contributed by atoms with Crippen molar-refractivity contribution in [3.05, 3.63) is 59.7 Å². The molecule has 26 heteroatoms. The van der Waals surface area contributed by atoms with Gasteiger partial charge in [0, 0.05) is 19.4 Å². The Morgan fingerprint density at radius 2 is 0.987 bits per heavy atom. The Labute approximate surface area is 434 Å². The standard InChI is InChI=1S/C49H74N12O14/c1-24(2)19-33(56-41(67)32(50)9-8-18-53-49(51)52)43(69)58-36(22-38(65)66)45(71)61-40(26(5)6)47(73)59-35(21-29-12-16-31(63)17-13-29)44(70)57-34(20-28-10-14-30(62)15-11-28)42(68)54-23-37(64)60-39(25(3)4)46(72)55-27(7)48(74)75/h10-17,24-27,32-36,39-40,62-63H,8-9,18-23,50H2,1-7H3,(H,54,68)(H,55,72)(H,56,67)(H,57,70)(H,58,69)(H,59,73)(H,60,64)(H,61,71)(H,65,66)(H,74,75)(H4,51,52,53)/t27-,32-,33-,34-,35-,36-,39-,40-/m0/s1. The van der Waals surface area contributed by atoms with E-state index in [1.165, 1.54) is 55.5 Å². The summed E-state index contributed by atoms with van der Waals surface area (Å²) in [5, 5.41) is 58.7. The van der Waals surface area contributed by atoms with E-state index in [0.29, 0.717) is 17.5 Å². The van der Waals surface area contributed by atoms with Gasteiger partial charge in [0.25, 0.3) is 0 Å². The van der Waals surface area contributed by atoms with Crippen LogP contribution in [-0.4, -0.2) is 147 Å². The van der Waals surface area contributed by atoms with E-state index in [1.54, 1.807) is 41.5 Å². The molecule has 0 aliphatic carbocycles. The van der Waals surface area contributed by atoms with Gasteiger partial charge >= 0.3 is 11.9 Å². The van der Waals surface area contributed by atoms with Crippen LogP contribution < -0.4 is 59.7 Å². The highest BCUT2D eigenvalue weighted by Gasteiger charge is 2.36. The summed E-state index contributed by atoms with van der Waals surface area (Å²) in [4.78, 5) is 136. The quantitative estimate of drug-likeness (QED) is 0.0215. The average Bonchev–Trinajstić information content (AvgIpc) is 3.32. The van der Waals surface area contributed by atoms with E-state index in [1.807, 2.05) is 0 Å². The second-order valence-corrected chi connectivity index (χ2v) is 19.1. The predicted molar refractivity (Wildman–Crippen MR) is 273 cm³/mol. The van der Waals surface area contributed by atoms with Crippen molar-refractivity contribution in [2.45, 2.75) is 135 Å². The van der Waals surface area contributed by atoms with Gasteiger partial charge in [-0.2, -0.15) is 0 Å². The molecule has 0 spiro atoms. The SMILES string of the molecule is CC(C)C[C@H](NC(=O)[C@@H](N)CCCN=C(N)N)C(=O)N[C@@H](CC(=O)O)C(=O)N[C@H](C(=O)N[C@@H](Cc1ccc(O)cc1)C(=O)N[C@@H](Cc1ccc(O)cc1)C(=O)NCC(=O)N[C@H](C(=O)N[C@@H](C)C(=O)O)C(C)C)C(C)C. The molecular formula is C49H74N12O14. The summed E-state index contributed by atoms with van der Waals surface area (Å²) in [5.74, 6) is -11.7. The number of aromatic hydroxyl groups is 2. The molecule has 0 bridgehead atoms. The summed E-state index contributed by atoms with van der Waals surface area (Å²) < 4.78 is 0. The molecule has 8 amide bonds. The van der Waals surface area contributed by atoms with E-state index in [2.05, 4.69) is 47.5 Å². The number of carboxylic acid groups (broad SMARTS) is 2. The number of aliphatic carboxylic acids is 2. The zero-order chi connectivity index (χ0) is 56.7. The van der Waals surface area contributed by atoms with E-state index in [9.17, 15) is 68.4 Å². The fraction of sp³-hybridized carbons (Fsp3) is 0.531. The molecule has 2 aromatic rings. The third-order valence-electron chi connectivity index (χ3n) is 11.3. The van der Waals surface area contributed by atoms with Crippen molar-refractivity contribution in [2.24, 2.45) is 39.9 Å². The van der Waals surface area contributed by atoms with E-state index in [0.717, 1.165) is 0 Å².